The largest absolute Gasteiger partial charge is 0.326 e. The number of hydrogen-bond donors (Lipinski definition) is 1. The number of carbonyl (C=O) groups excluding carboxylic acids is 1. The first-order valence-electron chi connectivity index (χ1n) is 6.80. The molecule has 0 aliphatic rings. The average molecular weight is 271 g/mol. The molecule has 3 heteroatoms. The highest BCUT2D eigenvalue weighted by Gasteiger charge is 2.04. The second-order valence-corrected chi connectivity index (χ2v) is 4.80. The first-order valence-corrected chi connectivity index (χ1v) is 6.80. The summed E-state index contributed by atoms with van der Waals surface area (Å²) in [4.78, 5) is 11.9. The van der Waals surface area contributed by atoms with Crippen LogP contribution in [0, 0.1) is 5.82 Å². The fraction of sp³-hybridized carbons (Fsp3) is 0.235. The summed E-state index contributed by atoms with van der Waals surface area (Å²) in [5.41, 5.74) is 2.85. The minimum atomic E-state index is -0.291. The molecule has 1 N–H and O–H groups in total. The van der Waals surface area contributed by atoms with E-state index < -0.39 is 0 Å². The monoisotopic (exact) mass is 271 g/mol. The highest BCUT2D eigenvalue weighted by Crippen LogP contribution is 2.12. The third-order valence-corrected chi connectivity index (χ3v) is 3.05. The number of aryl methyl sites for hydroxylation is 1. The Hall–Kier alpha value is -2.16. The molecule has 0 aliphatic carbocycles. The van der Waals surface area contributed by atoms with Gasteiger partial charge in [0.1, 0.15) is 5.82 Å². The molecule has 0 radical (unpaired) electrons. The third kappa shape index (κ3) is 4.19. The van der Waals surface area contributed by atoms with Crippen molar-refractivity contribution in [2.75, 3.05) is 5.32 Å². The van der Waals surface area contributed by atoms with Crippen LogP contribution in [0.3, 0.4) is 0 Å². The van der Waals surface area contributed by atoms with E-state index in [1.165, 1.54) is 17.7 Å². The van der Waals surface area contributed by atoms with Crippen molar-refractivity contribution in [2.45, 2.75) is 26.2 Å². The number of anilines is 1. The molecule has 2 nitrogen and oxygen atoms in total. The molecule has 0 spiro atoms. The van der Waals surface area contributed by atoms with E-state index in [0.29, 0.717) is 0 Å². The molecule has 0 aliphatic heterocycles. The van der Waals surface area contributed by atoms with Crippen LogP contribution in [0.4, 0.5) is 10.1 Å². The van der Waals surface area contributed by atoms with Gasteiger partial charge >= 0.3 is 0 Å². The Morgan fingerprint density at radius 1 is 1.00 bits per heavy atom. The molecule has 0 bridgehead atoms. The maximum atomic E-state index is 12.8. The van der Waals surface area contributed by atoms with Gasteiger partial charge in [0.05, 0.1) is 6.42 Å². The number of amides is 1. The molecule has 2 rings (SSSR count). The van der Waals surface area contributed by atoms with Crippen molar-refractivity contribution in [3.63, 3.8) is 0 Å². The van der Waals surface area contributed by atoms with Gasteiger partial charge in [0.15, 0.2) is 0 Å². The Labute approximate surface area is 118 Å². The minimum Gasteiger partial charge on any atom is -0.326 e. The summed E-state index contributed by atoms with van der Waals surface area (Å²) in [5, 5.41) is 2.84. The van der Waals surface area contributed by atoms with Gasteiger partial charge in [-0.3, -0.25) is 4.79 Å². The molecule has 104 valence electrons. The first-order chi connectivity index (χ1) is 9.67. The summed E-state index contributed by atoms with van der Waals surface area (Å²) in [6, 6.07) is 13.8. The minimum absolute atomic E-state index is 0.0974. The van der Waals surface area contributed by atoms with E-state index >= 15 is 0 Å². The van der Waals surface area contributed by atoms with Crippen molar-refractivity contribution in [1.82, 2.24) is 0 Å². The van der Waals surface area contributed by atoms with Crippen molar-refractivity contribution in [2.24, 2.45) is 0 Å². The van der Waals surface area contributed by atoms with Gasteiger partial charge in [0, 0.05) is 5.69 Å². The molecule has 0 saturated heterocycles. The average Bonchev–Trinajstić information content (AvgIpc) is 2.44. The smallest absolute Gasteiger partial charge is 0.228 e. The number of halogens is 1. The lowest BCUT2D eigenvalue weighted by Crippen LogP contribution is -2.14. The van der Waals surface area contributed by atoms with Gasteiger partial charge in [0.25, 0.3) is 0 Å². The molecule has 1 amide bonds. The van der Waals surface area contributed by atoms with Crippen LogP contribution >= 0.6 is 0 Å². The quantitative estimate of drug-likeness (QED) is 0.876. The van der Waals surface area contributed by atoms with E-state index in [-0.39, 0.29) is 18.1 Å². The van der Waals surface area contributed by atoms with Crippen molar-refractivity contribution in [1.29, 1.82) is 0 Å². The highest BCUT2D eigenvalue weighted by molar-refractivity contribution is 5.92. The number of nitrogens with one attached hydrogen (secondary N) is 1. The third-order valence-electron chi connectivity index (χ3n) is 3.05. The van der Waals surface area contributed by atoms with Crippen LogP contribution in [-0.4, -0.2) is 5.91 Å². The highest BCUT2D eigenvalue weighted by atomic mass is 19.1. The van der Waals surface area contributed by atoms with E-state index in [4.69, 9.17) is 0 Å². The van der Waals surface area contributed by atoms with Crippen LogP contribution in [0.2, 0.25) is 0 Å². The Balaban J connectivity index is 1.92. The van der Waals surface area contributed by atoms with Gasteiger partial charge in [-0.05, 0) is 41.8 Å². The maximum Gasteiger partial charge on any atom is 0.228 e. The molecule has 20 heavy (non-hydrogen) atoms. The van der Waals surface area contributed by atoms with Crippen molar-refractivity contribution < 1.29 is 9.18 Å². The zero-order chi connectivity index (χ0) is 14.4. The van der Waals surface area contributed by atoms with E-state index in [1.54, 1.807) is 12.1 Å². The van der Waals surface area contributed by atoms with Gasteiger partial charge in [0.2, 0.25) is 5.91 Å². The van der Waals surface area contributed by atoms with Gasteiger partial charge in [-0.2, -0.15) is 0 Å². The van der Waals surface area contributed by atoms with Crippen LogP contribution in [0.15, 0.2) is 48.5 Å². The van der Waals surface area contributed by atoms with Crippen LogP contribution in [0.1, 0.15) is 24.5 Å². The van der Waals surface area contributed by atoms with Gasteiger partial charge in [-0.1, -0.05) is 37.6 Å². The fourth-order valence-electron chi connectivity index (χ4n) is 2.04. The molecule has 2 aromatic rings. The Kier molecular flexibility index (Phi) is 4.88. The fourth-order valence-corrected chi connectivity index (χ4v) is 2.04. The topological polar surface area (TPSA) is 29.1 Å². The molecule has 2 aromatic carbocycles. The number of carbonyl (C=O) groups is 1. The Bertz CT molecular complexity index is 561. The molecule has 0 fully saturated rings. The van der Waals surface area contributed by atoms with E-state index in [1.807, 2.05) is 24.3 Å². The van der Waals surface area contributed by atoms with Crippen molar-refractivity contribution in [3.05, 3.63) is 65.5 Å². The SMILES string of the molecule is CCCc1ccc(NC(=O)Cc2ccc(F)cc2)cc1. The Morgan fingerprint density at radius 2 is 1.60 bits per heavy atom. The van der Waals surface area contributed by atoms with Crippen LogP contribution < -0.4 is 5.32 Å². The van der Waals surface area contributed by atoms with Gasteiger partial charge in [-0.25, -0.2) is 4.39 Å². The molecular formula is C17H18FNO. The predicted octanol–water partition coefficient (Wildman–Crippen LogP) is 3.96. The summed E-state index contributed by atoms with van der Waals surface area (Å²) in [7, 11) is 0. The van der Waals surface area contributed by atoms with Crippen LogP contribution in [0.25, 0.3) is 0 Å². The van der Waals surface area contributed by atoms with Crippen molar-refractivity contribution >= 4 is 11.6 Å². The predicted molar refractivity (Wildman–Crippen MR) is 79.2 cm³/mol. The zero-order valence-electron chi connectivity index (χ0n) is 11.5. The van der Waals surface area contributed by atoms with Gasteiger partial charge in [-0.15, -0.1) is 0 Å². The van der Waals surface area contributed by atoms with E-state index in [2.05, 4.69) is 12.2 Å². The number of benzene rings is 2. The standard InChI is InChI=1S/C17H18FNO/c1-2-3-13-6-10-16(11-7-13)19-17(20)12-14-4-8-15(18)9-5-14/h4-11H,2-3,12H2,1H3,(H,19,20). The Morgan fingerprint density at radius 3 is 2.20 bits per heavy atom. The maximum absolute atomic E-state index is 12.8. The summed E-state index contributed by atoms with van der Waals surface area (Å²) >= 11 is 0. The normalized spacial score (nSPS) is 10.3. The molecular weight excluding hydrogens is 253 g/mol. The first kappa shape index (κ1) is 14.3. The van der Waals surface area contributed by atoms with E-state index in [9.17, 15) is 9.18 Å². The molecule has 0 atom stereocenters. The van der Waals surface area contributed by atoms with Crippen molar-refractivity contribution in [3.8, 4) is 0 Å². The van der Waals surface area contributed by atoms with Gasteiger partial charge < -0.3 is 5.32 Å². The van der Waals surface area contributed by atoms with Crippen LogP contribution in [-0.2, 0) is 17.6 Å². The van der Waals surface area contributed by atoms with Crippen LogP contribution in [0.5, 0.6) is 0 Å². The zero-order valence-corrected chi connectivity index (χ0v) is 11.5. The number of rotatable bonds is 5. The molecule has 0 saturated carbocycles. The second-order valence-electron chi connectivity index (χ2n) is 4.80. The molecule has 0 heterocycles. The number of hydrogen-bond acceptors (Lipinski definition) is 1. The molecule has 0 aromatic heterocycles. The second kappa shape index (κ2) is 6.85. The summed E-state index contributed by atoms with van der Waals surface area (Å²) in [6.45, 7) is 2.14. The lowest BCUT2D eigenvalue weighted by atomic mass is 10.1. The summed E-state index contributed by atoms with van der Waals surface area (Å²) < 4.78 is 12.8. The summed E-state index contributed by atoms with van der Waals surface area (Å²) in [6.07, 6.45) is 2.40. The lowest BCUT2D eigenvalue weighted by Gasteiger charge is -2.06. The summed E-state index contributed by atoms with van der Waals surface area (Å²) in [5.74, 6) is -0.388. The lowest BCUT2D eigenvalue weighted by molar-refractivity contribution is -0.115. The molecule has 0 unspecified atom stereocenters. The van der Waals surface area contributed by atoms with E-state index in [0.717, 1.165) is 24.1 Å².